The van der Waals surface area contributed by atoms with E-state index in [2.05, 4.69) is 12.2 Å². The standard InChI is InChI=1S/C15H23NO2/c1-11-5-3-4-6-15(11)18-10-14(17)9-16-8-13-7-12(13)2/h3-6,12-14,16-17H,7-10H2,1-2H3. The van der Waals surface area contributed by atoms with Gasteiger partial charge in [-0.3, -0.25) is 0 Å². The number of ether oxygens (including phenoxy) is 1. The Bertz CT molecular complexity index is 381. The van der Waals surface area contributed by atoms with Crippen LogP contribution in [0.4, 0.5) is 0 Å². The molecule has 0 spiro atoms. The molecule has 3 unspecified atom stereocenters. The number of aliphatic hydroxyl groups is 1. The number of rotatable bonds is 7. The molecular formula is C15H23NO2. The monoisotopic (exact) mass is 249 g/mol. The summed E-state index contributed by atoms with van der Waals surface area (Å²) in [6, 6.07) is 7.87. The number of para-hydroxylation sites is 1. The molecule has 1 fully saturated rings. The third-order valence-corrected chi connectivity index (χ3v) is 3.59. The number of benzene rings is 1. The van der Waals surface area contributed by atoms with E-state index in [0.717, 1.165) is 29.7 Å². The normalized spacial score (nSPS) is 23.7. The third-order valence-electron chi connectivity index (χ3n) is 3.59. The summed E-state index contributed by atoms with van der Waals surface area (Å²) in [5.41, 5.74) is 1.10. The van der Waals surface area contributed by atoms with Crippen LogP contribution in [0.15, 0.2) is 24.3 Å². The predicted molar refractivity (Wildman–Crippen MR) is 72.8 cm³/mol. The van der Waals surface area contributed by atoms with E-state index in [9.17, 15) is 5.11 Å². The van der Waals surface area contributed by atoms with Gasteiger partial charge in [-0.25, -0.2) is 0 Å². The lowest BCUT2D eigenvalue weighted by molar-refractivity contribution is 0.106. The Hall–Kier alpha value is -1.06. The van der Waals surface area contributed by atoms with Crippen LogP contribution in [0.3, 0.4) is 0 Å². The molecule has 0 aliphatic heterocycles. The van der Waals surface area contributed by atoms with E-state index >= 15 is 0 Å². The molecule has 1 aromatic carbocycles. The number of aryl methyl sites for hydroxylation is 1. The Morgan fingerprint density at radius 1 is 1.44 bits per heavy atom. The van der Waals surface area contributed by atoms with Crippen LogP contribution in [-0.4, -0.2) is 30.9 Å². The SMILES string of the molecule is Cc1ccccc1OCC(O)CNCC1CC1C. The van der Waals surface area contributed by atoms with Gasteiger partial charge >= 0.3 is 0 Å². The Morgan fingerprint density at radius 2 is 2.17 bits per heavy atom. The van der Waals surface area contributed by atoms with E-state index in [1.807, 2.05) is 31.2 Å². The lowest BCUT2D eigenvalue weighted by atomic mass is 10.2. The Kier molecular flexibility index (Phi) is 4.61. The lowest BCUT2D eigenvalue weighted by Gasteiger charge is -2.14. The summed E-state index contributed by atoms with van der Waals surface area (Å²) in [7, 11) is 0. The molecule has 100 valence electrons. The number of hydrogen-bond acceptors (Lipinski definition) is 3. The van der Waals surface area contributed by atoms with Crippen LogP contribution in [-0.2, 0) is 0 Å². The van der Waals surface area contributed by atoms with Gasteiger partial charge in [0.05, 0.1) is 0 Å². The minimum absolute atomic E-state index is 0.345. The fourth-order valence-corrected chi connectivity index (χ4v) is 2.08. The molecule has 1 aromatic rings. The molecule has 2 rings (SSSR count). The van der Waals surface area contributed by atoms with Gasteiger partial charge in [0.2, 0.25) is 0 Å². The van der Waals surface area contributed by atoms with Crippen LogP contribution in [0.25, 0.3) is 0 Å². The van der Waals surface area contributed by atoms with Crippen molar-refractivity contribution in [2.75, 3.05) is 19.7 Å². The molecule has 3 nitrogen and oxygen atoms in total. The van der Waals surface area contributed by atoms with E-state index < -0.39 is 6.10 Å². The Balaban J connectivity index is 1.62. The van der Waals surface area contributed by atoms with E-state index in [1.165, 1.54) is 6.42 Å². The largest absolute Gasteiger partial charge is 0.491 e. The summed E-state index contributed by atoms with van der Waals surface area (Å²) in [6.07, 6.45) is 0.877. The maximum absolute atomic E-state index is 9.81. The molecule has 18 heavy (non-hydrogen) atoms. The van der Waals surface area contributed by atoms with Crippen molar-refractivity contribution in [1.82, 2.24) is 5.32 Å². The molecule has 0 radical (unpaired) electrons. The molecule has 1 aliphatic rings. The van der Waals surface area contributed by atoms with Crippen molar-refractivity contribution < 1.29 is 9.84 Å². The summed E-state index contributed by atoms with van der Waals surface area (Å²) < 4.78 is 5.60. The highest BCUT2D eigenvalue weighted by molar-refractivity contribution is 5.31. The van der Waals surface area contributed by atoms with Gasteiger partial charge in [0.1, 0.15) is 18.5 Å². The third kappa shape index (κ3) is 4.00. The zero-order chi connectivity index (χ0) is 13.0. The highest BCUT2D eigenvalue weighted by Crippen LogP contribution is 2.36. The second-order valence-electron chi connectivity index (χ2n) is 5.36. The maximum Gasteiger partial charge on any atom is 0.122 e. The fourth-order valence-electron chi connectivity index (χ4n) is 2.08. The molecule has 3 atom stereocenters. The molecule has 1 aliphatic carbocycles. The molecule has 1 saturated carbocycles. The van der Waals surface area contributed by atoms with Crippen LogP contribution in [0, 0.1) is 18.8 Å². The van der Waals surface area contributed by atoms with E-state index in [4.69, 9.17) is 4.74 Å². The van der Waals surface area contributed by atoms with Crippen molar-refractivity contribution in [2.45, 2.75) is 26.4 Å². The van der Waals surface area contributed by atoms with E-state index in [1.54, 1.807) is 0 Å². The summed E-state index contributed by atoms with van der Waals surface area (Å²) in [6.45, 7) is 6.24. The van der Waals surface area contributed by atoms with Gasteiger partial charge in [0.25, 0.3) is 0 Å². The van der Waals surface area contributed by atoms with E-state index in [0.29, 0.717) is 13.2 Å². The summed E-state index contributed by atoms with van der Waals surface area (Å²) in [4.78, 5) is 0. The van der Waals surface area contributed by atoms with Gasteiger partial charge in [-0.15, -0.1) is 0 Å². The lowest BCUT2D eigenvalue weighted by Crippen LogP contribution is -2.32. The van der Waals surface area contributed by atoms with Crippen molar-refractivity contribution >= 4 is 0 Å². The molecule has 0 aromatic heterocycles. The average molecular weight is 249 g/mol. The molecule has 0 saturated heterocycles. The van der Waals surface area contributed by atoms with Crippen molar-refractivity contribution in [3.63, 3.8) is 0 Å². The molecule has 3 heteroatoms. The van der Waals surface area contributed by atoms with Gasteiger partial charge in [0, 0.05) is 6.54 Å². The van der Waals surface area contributed by atoms with Gasteiger partial charge in [-0.2, -0.15) is 0 Å². The molecular weight excluding hydrogens is 226 g/mol. The highest BCUT2D eigenvalue weighted by Gasteiger charge is 2.31. The van der Waals surface area contributed by atoms with Crippen LogP contribution >= 0.6 is 0 Å². The van der Waals surface area contributed by atoms with Gasteiger partial charge in [-0.1, -0.05) is 25.1 Å². The van der Waals surface area contributed by atoms with Crippen molar-refractivity contribution in [3.8, 4) is 5.75 Å². The fraction of sp³-hybridized carbons (Fsp3) is 0.600. The number of nitrogens with one attached hydrogen (secondary N) is 1. The van der Waals surface area contributed by atoms with Crippen molar-refractivity contribution in [3.05, 3.63) is 29.8 Å². The average Bonchev–Trinajstić information content (AvgIpc) is 3.04. The zero-order valence-electron chi connectivity index (χ0n) is 11.2. The van der Waals surface area contributed by atoms with Crippen LogP contribution in [0.2, 0.25) is 0 Å². The molecule has 0 heterocycles. The second-order valence-corrected chi connectivity index (χ2v) is 5.36. The van der Waals surface area contributed by atoms with Crippen LogP contribution in [0.1, 0.15) is 18.9 Å². The van der Waals surface area contributed by atoms with Gasteiger partial charge < -0.3 is 15.2 Å². The molecule has 2 N–H and O–H groups in total. The minimum Gasteiger partial charge on any atom is -0.491 e. The maximum atomic E-state index is 9.81. The number of hydrogen-bond donors (Lipinski definition) is 2. The first kappa shape index (κ1) is 13.4. The summed E-state index contributed by atoms with van der Waals surface area (Å²) in [5, 5.41) is 13.1. The van der Waals surface area contributed by atoms with Gasteiger partial charge in [-0.05, 0) is 43.4 Å². The first-order chi connectivity index (χ1) is 8.66. The minimum atomic E-state index is -0.446. The zero-order valence-corrected chi connectivity index (χ0v) is 11.2. The van der Waals surface area contributed by atoms with Crippen molar-refractivity contribution in [2.24, 2.45) is 11.8 Å². The quantitative estimate of drug-likeness (QED) is 0.776. The second kappa shape index (κ2) is 6.21. The van der Waals surface area contributed by atoms with Gasteiger partial charge in [0.15, 0.2) is 0 Å². The van der Waals surface area contributed by atoms with Crippen LogP contribution < -0.4 is 10.1 Å². The molecule has 0 bridgehead atoms. The first-order valence-electron chi connectivity index (χ1n) is 6.74. The first-order valence-corrected chi connectivity index (χ1v) is 6.74. The van der Waals surface area contributed by atoms with Crippen LogP contribution in [0.5, 0.6) is 5.75 Å². The smallest absolute Gasteiger partial charge is 0.122 e. The Morgan fingerprint density at radius 3 is 2.83 bits per heavy atom. The number of aliphatic hydroxyl groups excluding tert-OH is 1. The predicted octanol–water partition coefficient (Wildman–Crippen LogP) is 1.98. The Labute approximate surface area is 109 Å². The van der Waals surface area contributed by atoms with Crippen molar-refractivity contribution in [1.29, 1.82) is 0 Å². The van der Waals surface area contributed by atoms with E-state index in [-0.39, 0.29) is 0 Å². The summed E-state index contributed by atoms with van der Waals surface area (Å²) >= 11 is 0. The topological polar surface area (TPSA) is 41.5 Å². The summed E-state index contributed by atoms with van der Waals surface area (Å²) in [5.74, 6) is 2.53. The highest BCUT2D eigenvalue weighted by atomic mass is 16.5. The molecule has 0 amide bonds.